The summed E-state index contributed by atoms with van der Waals surface area (Å²) in [7, 11) is 0. The Hall–Kier alpha value is -6.77. The highest BCUT2D eigenvalue weighted by Gasteiger charge is 2.34. The highest BCUT2D eigenvalue weighted by atomic mass is 15.0. The number of nitrogens with zero attached hydrogens (tertiary/aromatic N) is 2. The second-order valence-electron chi connectivity index (χ2n) is 14.3. The van der Waals surface area contributed by atoms with E-state index < -0.39 is 0 Å². The van der Waals surface area contributed by atoms with Crippen LogP contribution in [0.3, 0.4) is 0 Å². The minimum Gasteiger partial charge on any atom is -0.309 e. The summed E-state index contributed by atoms with van der Waals surface area (Å²) in [5.74, 6) is 0.236. The third-order valence-electron chi connectivity index (χ3n) is 11.4. The van der Waals surface area contributed by atoms with E-state index in [1.54, 1.807) is 0 Å². The molecule has 8 aromatic rings. The summed E-state index contributed by atoms with van der Waals surface area (Å²) in [5.41, 5.74) is 20.3. The number of hydrogen-bond acceptors (Lipinski definition) is 1. The van der Waals surface area contributed by atoms with Gasteiger partial charge in [0.25, 0.3) is 0 Å². The summed E-state index contributed by atoms with van der Waals surface area (Å²) in [6.07, 6.45) is 14.6. The van der Waals surface area contributed by atoms with Crippen molar-refractivity contribution in [3.63, 3.8) is 0 Å². The monoisotopic (exact) mass is 674 g/mol. The van der Waals surface area contributed by atoms with Crippen molar-refractivity contribution in [2.45, 2.75) is 12.3 Å². The van der Waals surface area contributed by atoms with Crippen molar-refractivity contribution in [3.8, 4) is 39.2 Å². The predicted octanol–water partition coefficient (Wildman–Crippen LogP) is 12.8. The number of pyridine rings is 1. The average molecular weight is 675 g/mol. The van der Waals surface area contributed by atoms with Gasteiger partial charge in [-0.1, -0.05) is 140 Å². The molecule has 0 saturated carbocycles. The Balaban J connectivity index is 0.973. The third-order valence-corrected chi connectivity index (χ3v) is 11.4. The quantitative estimate of drug-likeness (QED) is 0.178. The predicted molar refractivity (Wildman–Crippen MR) is 221 cm³/mol. The zero-order chi connectivity index (χ0) is 34.9. The number of rotatable bonds is 5. The van der Waals surface area contributed by atoms with Gasteiger partial charge in [0, 0.05) is 34.1 Å². The first kappa shape index (κ1) is 29.9. The van der Waals surface area contributed by atoms with Crippen molar-refractivity contribution in [3.05, 3.63) is 216 Å². The molecule has 0 bridgehead atoms. The van der Waals surface area contributed by atoms with E-state index in [2.05, 4.69) is 186 Å². The van der Waals surface area contributed by atoms with E-state index in [9.17, 15) is 0 Å². The van der Waals surface area contributed by atoms with Crippen molar-refractivity contribution in [2.75, 3.05) is 0 Å². The van der Waals surface area contributed by atoms with Crippen LogP contribution in [0.5, 0.6) is 0 Å². The summed E-state index contributed by atoms with van der Waals surface area (Å²) in [4.78, 5) is 4.62. The first-order valence-electron chi connectivity index (χ1n) is 18.5. The van der Waals surface area contributed by atoms with Crippen LogP contribution in [0.2, 0.25) is 0 Å². The van der Waals surface area contributed by atoms with Crippen LogP contribution in [0, 0.1) is 0 Å². The second-order valence-corrected chi connectivity index (χ2v) is 14.3. The van der Waals surface area contributed by atoms with Crippen LogP contribution >= 0.6 is 0 Å². The number of benzene rings is 6. The van der Waals surface area contributed by atoms with E-state index in [4.69, 9.17) is 0 Å². The molecule has 53 heavy (non-hydrogen) atoms. The summed E-state index contributed by atoms with van der Waals surface area (Å²) in [6, 6.07) is 55.1. The van der Waals surface area contributed by atoms with Crippen LogP contribution in [0.25, 0.3) is 72.7 Å². The maximum Gasteiger partial charge on any atom is 0.0702 e. The number of hydrogen-bond donors (Lipinski definition) is 0. The van der Waals surface area contributed by atoms with Crippen LogP contribution in [0.4, 0.5) is 0 Å². The Labute approximate surface area is 309 Å². The van der Waals surface area contributed by atoms with Crippen molar-refractivity contribution >= 4 is 33.5 Å². The van der Waals surface area contributed by atoms with Gasteiger partial charge < -0.3 is 4.57 Å². The fourth-order valence-corrected chi connectivity index (χ4v) is 8.95. The lowest BCUT2D eigenvalue weighted by atomic mass is 9.67. The molecule has 3 aliphatic carbocycles. The molecule has 1 atom stereocenters. The standard InChI is InChI=1S/C51H34N2/c1-2-11-40(12-3-1)53-48-15-5-4-13-43(48)44-27-24-37(32-49(44)53)33-16-18-34(19-17-33)41-25-20-35-23-29-46-42(26-21-36-22-28-45(41)50(35)51(36)46)38-9-8-10-39(31-38)47-14-6-7-30-52-47/h1-28,30-32,50H,29H2. The molecule has 6 aromatic carbocycles. The van der Waals surface area contributed by atoms with Crippen LogP contribution in [0.15, 0.2) is 193 Å². The minimum absolute atomic E-state index is 0.236. The summed E-state index contributed by atoms with van der Waals surface area (Å²) in [5, 5.41) is 2.55. The SMILES string of the molecule is C1=CC(c2ccc(-c3ccc4c5ccccc5n(-c5ccccc5)c4c3)cc2)=C2C=Cc3ccc(-c4cccc(-c5ccccn5)c4)c4c3C2C1=CC4. The van der Waals surface area contributed by atoms with Crippen molar-refractivity contribution < 1.29 is 0 Å². The van der Waals surface area contributed by atoms with Crippen molar-refractivity contribution in [1.82, 2.24) is 9.55 Å². The Bertz CT molecular complexity index is 2880. The number of aromatic nitrogens is 2. The molecule has 11 rings (SSSR count). The molecular formula is C51H34N2. The molecule has 3 aliphatic rings. The lowest BCUT2D eigenvalue weighted by Crippen LogP contribution is -2.19. The largest absolute Gasteiger partial charge is 0.309 e. The minimum atomic E-state index is 0.236. The van der Waals surface area contributed by atoms with Gasteiger partial charge >= 0.3 is 0 Å². The van der Waals surface area contributed by atoms with Gasteiger partial charge in [-0.15, -0.1) is 0 Å². The molecule has 0 saturated heterocycles. The number of para-hydroxylation sites is 2. The highest BCUT2D eigenvalue weighted by molar-refractivity contribution is 6.10. The first-order valence-corrected chi connectivity index (χ1v) is 18.5. The van der Waals surface area contributed by atoms with Gasteiger partial charge in [-0.3, -0.25) is 4.98 Å². The van der Waals surface area contributed by atoms with Crippen LogP contribution < -0.4 is 0 Å². The first-order chi connectivity index (χ1) is 26.3. The zero-order valence-electron chi connectivity index (χ0n) is 29.1. The normalized spacial score (nSPS) is 15.5. The topological polar surface area (TPSA) is 17.8 Å². The molecule has 248 valence electrons. The molecule has 0 fully saturated rings. The summed E-state index contributed by atoms with van der Waals surface area (Å²) in [6.45, 7) is 0. The molecular weight excluding hydrogens is 641 g/mol. The molecule has 0 spiro atoms. The molecule has 2 heteroatoms. The van der Waals surface area contributed by atoms with Crippen LogP contribution in [-0.2, 0) is 6.42 Å². The lowest BCUT2D eigenvalue weighted by Gasteiger charge is -2.36. The smallest absolute Gasteiger partial charge is 0.0702 e. The Morgan fingerprint density at radius 2 is 1.32 bits per heavy atom. The van der Waals surface area contributed by atoms with Crippen LogP contribution in [0.1, 0.15) is 28.2 Å². The highest BCUT2D eigenvalue weighted by Crippen LogP contribution is 2.51. The zero-order valence-corrected chi connectivity index (χ0v) is 29.1. The fourth-order valence-electron chi connectivity index (χ4n) is 8.95. The molecule has 1 unspecified atom stereocenters. The molecule has 0 N–H and O–H groups in total. The fraction of sp³-hybridized carbons (Fsp3) is 0.0392. The van der Waals surface area contributed by atoms with E-state index in [0.29, 0.717) is 0 Å². The van der Waals surface area contributed by atoms with Gasteiger partial charge in [0.05, 0.1) is 16.7 Å². The number of fused-ring (bicyclic) bond motifs is 3. The average Bonchev–Trinajstić information content (AvgIpc) is 3.57. The Morgan fingerprint density at radius 3 is 2.21 bits per heavy atom. The van der Waals surface area contributed by atoms with Gasteiger partial charge in [-0.25, -0.2) is 0 Å². The summed E-state index contributed by atoms with van der Waals surface area (Å²) >= 11 is 0. The number of allylic oxidation sites excluding steroid dienone is 7. The Morgan fingerprint density at radius 1 is 0.528 bits per heavy atom. The summed E-state index contributed by atoms with van der Waals surface area (Å²) < 4.78 is 2.39. The molecule has 2 nitrogen and oxygen atoms in total. The van der Waals surface area contributed by atoms with Gasteiger partial charge in [0.2, 0.25) is 0 Å². The molecule has 2 heterocycles. The maximum absolute atomic E-state index is 4.62. The van der Waals surface area contributed by atoms with E-state index in [-0.39, 0.29) is 5.92 Å². The van der Waals surface area contributed by atoms with Gasteiger partial charge in [0.15, 0.2) is 0 Å². The molecule has 0 aliphatic heterocycles. The molecule has 2 aromatic heterocycles. The molecule has 0 radical (unpaired) electrons. The molecule has 0 amide bonds. The lowest BCUT2D eigenvalue weighted by molar-refractivity contribution is 0.897. The van der Waals surface area contributed by atoms with E-state index in [0.717, 1.165) is 17.7 Å². The van der Waals surface area contributed by atoms with Crippen molar-refractivity contribution in [2.24, 2.45) is 0 Å². The van der Waals surface area contributed by atoms with Gasteiger partial charge in [0.1, 0.15) is 0 Å². The van der Waals surface area contributed by atoms with E-state index >= 15 is 0 Å². The second kappa shape index (κ2) is 11.9. The van der Waals surface area contributed by atoms with Crippen molar-refractivity contribution in [1.29, 1.82) is 0 Å². The van der Waals surface area contributed by atoms with Gasteiger partial charge in [-0.2, -0.15) is 0 Å². The third kappa shape index (κ3) is 4.76. The van der Waals surface area contributed by atoms with Crippen LogP contribution in [-0.4, -0.2) is 9.55 Å². The Kier molecular flexibility index (Phi) is 6.72. The maximum atomic E-state index is 4.62. The van der Waals surface area contributed by atoms with Gasteiger partial charge in [-0.05, 0) is 110 Å². The van der Waals surface area contributed by atoms with E-state index in [1.807, 2.05) is 12.3 Å². The van der Waals surface area contributed by atoms with E-state index in [1.165, 1.54) is 88.7 Å².